The van der Waals surface area contributed by atoms with E-state index in [-0.39, 0.29) is 29.1 Å². The number of hydrogen-bond acceptors (Lipinski definition) is 3. The van der Waals surface area contributed by atoms with Gasteiger partial charge >= 0.3 is 5.97 Å². The monoisotopic (exact) mass is 372 g/mol. The summed E-state index contributed by atoms with van der Waals surface area (Å²) in [6, 6.07) is 10.2. The van der Waals surface area contributed by atoms with Crippen molar-refractivity contribution < 1.29 is 27.4 Å². The molecule has 0 aromatic heterocycles. The van der Waals surface area contributed by atoms with Gasteiger partial charge in [0.25, 0.3) is 0 Å². The zero-order valence-electron chi connectivity index (χ0n) is 14.3. The van der Waals surface area contributed by atoms with Crippen LogP contribution in [0.2, 0.25) is 0 Å². The third-order valence-corrected chi connectivity index (χ3v) is 3.83. The molecule has 0 atom stereocenters. The Morgan fingerprint density at radius 3 is 2.48 bits per heavy atom. The van der Waals surface area contributed by atoms with Gasteiger partial charge in [-0.3, -0.25) is 0 Å². The lowest BCUT2D eigenvalue weighted by atomic mass is 10.1. The average Bonchev–Trinajstić information content (AvgIpc) is 2.65. The Labute approximate surface area is 153 Å². The van der Waals surface area contributed by atoms with Crippen molar-refractivity contribution in [3.05, 3.63) is 83.7 Å². The summed E-state index contributed by atoms with van der Waals surface area (Å²) in [6.45, 7) is 2.12. The van der Waals surface area contributed by atoms with Crippen LogP contribution in [0.5, 0.6) is 11.5 Å². The highest BCUT2D eigenvalue weighted by Crippen LogP contribution is 2.26. The topological polar surface area (TPSA) is 35.5 Å². The SMILES string of the molecule is CC=CCOc1ccc(C(=O)Oc2ccc3c(F)c(F)ccc3c2)c(F)c1. The number of fused-ring (bicyclic) bond motifs is 1. The molecule has 0 aliphatic rings. The van der Waals surface area contributed by atoms with Crippen LogP contribution in [0, 0.1) is 17.5 Å². The predicted molar refractivity (Wildman–Crippen MR) is 95.5 cm³/mol. The number of ether oxygens (including phenoxy) is 2. The summed E-state index contributed by atoms with van der Waals surface area (Å²) < 4.78 is 51.6. The third-order valence-electron chi connectivity index (χ3n) is 3.83. The molecule has 3 aromatic carbocycles. The van der Waals surface area contributed by atoms with E-state index in [1.807, 2.05) is 6.92 Å². The Morgan fingerprint density at radius 1 is 0.963 bits per heavy atom. The van der Waals surface area contributed by atoms with Crippen molar-refractivity contribution >= 4 is 16.7 Å². The van der Waals surface area contributed by atoms with Gasteiger partial charge in [0.2, 0.25) is 0 Å². The molecule has 0 aliphatic carbocycles. The summed E-state index contributed by atoms with van der Waals surface area (Å²) in [5, 5.41) is 0.413. The summed E-state index contributed by atoms with van der Waals surface area (Å²) in [5.74, 6) is -3.27. The van der Waals surface area contributed by atoms with Crippen molar-refractivity contribution in [2.24, 2.45) is 0 Å². The fourth-order valence-electron chi connectivity index (χ4n) is 2.46. The van der Waals surface area contributed by atoms with Crippen molar-refractivity contribution in [2.75, 3.05) is 6.61 Å². The van der Waals surface area contributed by atoms with Crippen LogP contribution < -0.4 is 9.47 Å². The first-order valence-electron chi connectivity index (χ1n) is 8.13. The van der Waals surface area contributed by atoms with Gasteiger partial charge in [0.15, 0.2) is 11.6 Å². The van der Waals surface area contributed by atoms with Crippen LogP contribution in [-0.4, -0.2) is 12.6 Å². The Morgan fingerprint density at radius 2 is 1.74 bits per heavy atom. The molecule has 138 valence electrons. The lowest BCUT2D eigenvalue weighted by Gasteiger charge is -2.09. The minimum atomic E-state index is -0.982. The van der Waals surface area contributed by atoms with Gasteiger partial charge in [-0.1, -0.05) is 18.2 Å². The molecule has 0 heterocycles. The van der Waals surface area contributed by atoms with E-state index < -0.39 is 23.4 Å². The van der Waals surface area contributed by atoms with E-state index in [0.29, 0.717) is 5.39 Å². The van der Waals surface area contributed by atoms with Crippen LogP contribution >= 0.6 is 0 Å². The molecule has 3 aromatic rings. The van der Waals surface area contributed by atoms with Gasteiger partial charge in [0, 0.05) is 11.5 Å². The first-order chi connectivity index (χ1) is 13.0. The molecule has 0 spiro atoms. The van der Waals surface area contributed by atoms with E-state index in [4.69, 9.17) is 9.47 Å². The van der Waals surface area contributed by atoms with Crippen LogP contribution in [0.1, 0.15) is 17.3 Å². The van der Waals surface area contributed by atoms with Gasteiger partial charge in [-0.05, 0) is 48.7 Å². The maximum absolute atomic E-state index is 14.2. The standard InChI is InChI=1S/C21H15F3O3/c1-2-3-10-26-14-5-8-17(19(23)12-14)21(25)27-15-6-7-16-13(11-15)4-9-18(22)20(16)24/h2-9,11-12H,10H2,1H3. The predicted octanol–water partition coefficient (Wildman–Crippen LogP) is 5.43. The van der Waals surface area contributed by atoms with Gasteiger partial charge in [0.1, 0.15) is 23.9 Å². The van der Waals surface area contributed by atoms with Gasteiger partial charge in [0.05, 0.1) is 5.56 Å². The molecular formula is C21H15F3O3. The Kier molecular flexibility index (Phi) is 5.45. The zero-order chi connectivity index (χ0) is 19.4. The molecule has 0 bridgehead atoms. The quantitative estimate of drug-likeness (QED) is 0.340. The average molecular weight is 372 g/mol. The highest BCUT2D eigenvalue weighted by molar-refractivity contribution is 5.92. The molecule has 0 N–H and O–H groups in total. The first-order valence-corrected chi connectivity index (χ1v) is 8.13. The minimum Gasteiger partial charge on any atom is -0.489 e. The fraction of sp³-hybridized carbons (Fsp3) is 0.0952. The van der Waals surface area contributed by atoms with Gasteiger partial charge < -0.3 is 9.47 Å². The summed E-state index contributed by atoms with van der Waals surface area (Å²) in [6.07, 6.45) is 3.56. The number of halogens is 3. The molecular weight excluding hydrogens is 357 g/mol. The van der Waals surface area contributed by atoms with Crippen LogP contribution in [0.15, 0.2) is 60.7 Å². The van der Waals surface area contributed by atoms with Crippen LogP contribution in [0.4, 0.5) is 13.2 Å². The number of rotatable bonds is 5. The number of esters is 1. The second-order valence-corrected chi connectivity index (χ2v) is 5.66. The van der Waals surface area contributed by atoms with Crippen molar-refractivity contribution in [1.82, 2.24) is 0 Å². The third kappa shape index (κ3) is 4.11. The fourth-order valence-corrected chi connectivity index (χ4v) is 2.46. The Balaban J connectivity index is 1.79. The zero-order valence-corrected chi connectivity index (χ0v) is 14.3. The van der Waals surface area contributed by atoms with Crippen molar-refractivity contribution in [2.45, 2.75) is 6.92 Å². The first kappa shape index (κ1) is 18.5. The molecule has 6 heteroatoms. The molecule has 0 aliphatic heterocycles. The van der Waals surface area contributed by atoms with Gasteiger partial charge in [-0.2, -0.15) is 0 Å². The summed E-state index contributed by atoms with van der Waals surface area (Å²) in [4.78, 5) is 12.2. The minimum absolute atomic E-state index is 0.0589. The summed E-state index contributed by atoms with van der Waals surface area (Å²) >= 11 is 0. The number of hydrogen-bond donors (Lipinski definition) is 0. The lowest BCUT2D eigenvalue weighted by Crippen LogP contribution is -2.11. The van der Waals surface area contributed by atoms with Gasteiger partial charge in [-0.25, -0.2) is 18.0 Å². The molecule has 3 nitrogen and oxygen atoms in total. The van der Waals surface area contributed by atoms with Crippen molar-refractivity contribution in [3.8, 4) is 11.5 Å². The Bertz CT molecular complexity index is 1030. The molecule has 0 radical (unpaired) electrons. The molecule has 27 heavy (non-hydrogen) atoms. The van der Waals surface area contributed by atoms with E-state index in [1.54, 1.807) is 12.2 Å². The van der Waals surface area contributed by atoms with E-state index in [9.17, 15) is 18.0 Å². The number of carbonyl (C=O) groups is 1. The molecule has 0 unspecified atom stereocenters. The number of benzene rings is 3. The Hall–Kier alpha value is -3.28. The van der Waals surface area contributed by atoms with E-state index in [0.717, 1.165) is 12.1 Å². The second kappa shape index (κ2) is 7.95. The highest BCUT2D eigenvalue weighted by Gasteiger charge is 2.16. The van der Waals surface area contributed by atoms with Crippen LogP contribution in [-0.2, 0) is 0 Å². The number of carbonyl (C=O) groups excluding carboxylic acids is 1. The largest absolute Gasteiger partial charge is 0.489 e. The summed E-state index contributed by atoms with van der Waals surface area (Å²) in [7, 11) is 0. The highest BCUT2D eigenvalue weighted by atomic mass is 19.2. The molecule has 3 rings (SSSR count). The second-order valence-electron chi connectivity index (χ2n) is 5.66. The van der Waals surface area contributed by atoms with Gasteiger partial charge in [-0.15, -0.1) is 0 Å². The molecule has 0 saturated carbocycles. The van der Waals surface area contributed by atoms with E-state index >= 15 is 0 Å². The van der Waals surface area contributed by atoms with Crippen LogP contribution in [0.3, 0.4) is 0 Å². The maximum atomic E-state index is 14.2. The van der Waals surface area contributed by atoms with E-state index in [2.05, 4.69) is 0 Å². The van der Waals surface area contributed by atoms with Crippen molar-refractivity contribution in [3.63, 3.8) is 0 Å². The maximum Gasteiger partial charge on any atom is 0.346 e. The van der Waals surface area contributed by atoms with E-state index in [1.165, 1.54) is 36.4 Å². The molecule has 0 saturated heterocycles. The van der Waals surface area contributed by atoms with Crippen LogP contribution in [0.25, 0.3) is 10.8 Å². The molecule has 0 fully saturated rings. The summed E-state index contributed by atoms with van der Waals surface area (Å²) in [5.41, 5.74) is -0.265. The molecule has 0 amide bonds. The normalized spacial score (nSPS) is 11.1. The smallest absolute Gasteiger partial charge is 0.346 e. The number of allylic oxidation sites excluding steroid dienone is 1. The van der Waals surface area contributed by atoms with Crippen molar-refractivity contribution in [1.29, 1.82) is 0 Å². The lowest BCUT2D eigenvalue weighted by molar-refractivity contribution is 0.0730.